The topological polar surface area (TPSA) is 71.1 Å². The van der Waals surface area contributed by atoms with Crippen LogP contribution in [0.2, 0.25) is 0 Å². The SMILES string of the molecule is O=C(CS[C@H]1CCc2ccccc2NC1=O)NCc1cccnc1. The minimum absolute atomic E-state index is 0.0231. The summed E-state index contributed by atoms with van der Waals surface area (Å²) in [6.07, 6.45) is 5.00. The number of benzene rings is 1. The normalized spacial score (nSPS) is 16.7. The van der Waals surface area contributed by atoms with Gasteiger partial charge in [-0.25, -0.2) is 0 Å². The van der Waals surface area contributed by atoms with E-state index in [0.29, 0.717) is 6.54 Å². The number of nitrogens with zero attached hydrogens (tertiary/aromatic N) is 1. The molecule has 0 saturated heterocycles. The third kappa shape index (κ3) is 4.35. The van der Waals surface area contributed by atoms with Crippen molar-refractivity contribution in [2.75, 3.05) is 11.1 Å². The largest absolute Gasteiger partial charge is 0.351 e. The summed E-state index contributed by atoms with van der Waals surface area (Å²) in [5.74, 6) is 0.178. The Bertz CT molecular complexity index is 721. The van der Waals surface area contributed by atoms with Gasteiger partial charge in [-0.1, -0.05) is 24.3 Å². The summed E-state index contributed by atoms with van der Waals surface area (Å²) in [4.78, 5) is 28.3. The van der Waals surface area contributed by atoms with Gasteiger partial charge in [0.1, 0.15) is 0 Å². The van der Waals surface area contributed by atoms with Gasteiger partial charge >= 0.3 is 0 Å². The number of pyridine rings is 1. The zero-order chi connectivity index (χ0) is 16.8. The molecular weight excluding hydrogens is 322 g/mol. The van der Waals surface area contributed by atoms with Gasteiger partial charge in [-0.15, -0.1) is 11.8 Å². The predicted octanol–water partition coefficient (Wildman–Crippen LogP) is 2.38. The lowest BCUT2D eigenvalue weighted by Crippen LogP contribution is -2.29. The van der Waals surface area contributed by atoms with E-state index >= 15 is 0 Å². The molecule has 2 aromatic rings. The molecule has 0 bridgehead atoms. The van der Waals surface area contributed by atoms with Crippen LogP contribution in [0.15, 0.2) is 48.8 Å². The summed E-state index contributed by atoms with van der Waals surface area (Å²) in [5, 5.41) is 5.60. The van der Waals surface area contributed by atoms with Crippen molar-refractivity contribution in [3.63, 3.8) is 0 Å². The van der Waals surface area contributed by atoms with Crippen LogP contribution in [0.4, 0.5) is 5.69 Å². The fourth-order valence-corrected chi connectivity index (χ4v) is 3.53. The maximum Gasteiger partial charge on any atom is 0.237 e. The van der Waals surface area contributed by atoms with E-state index in [1.54, 1.807) is 12.4 Å². The maximum atomic E-state index is 12.3. The average molecular weight is 341 g/mol. The molecule has 0 aliphatic carbocycles. The first-order chi connectivity index (χ1) is 11.7. The molecule has 0 fully saturated rings. The number of thioether (sulfide) groups is 1. The van der Waals surface area contributed by atoms with Gasteiger partial charge in [0.15, 0.2) is 0 Å². The van der Waals surface area contributed by atoms with Gasteiger partial charge in [-0.2, -0.15) is 0 Å². The van der Waals surface area contributed by atoms with Gasteiger partial charge < -0.3 is 10.6 Å². The number of para-hydroxylation sites is 1. The van der Waals surface area contributed by atoms with E-state index in [2.05, 4.69) is 15.6 Å². The van der Waals surface area contributed by atoms with Gasteiger partial charge in [0.2, 0.25) is 11.8 Å². The number of rotatable bonds is 5. The lowest BCUT2D eigenvalue weighted by atomic mass is 10.1. The lowest BCUT2D eigenvalue weighted by Gasteiger charge is -2.12. The first kappa shape index (κ1) is 16.5. The van der Waals surface area contributed by atoms with Crippen LogP contribution in [0.25, 0.3) is 0 Å². The number of nitrogens with one attached hydrogen (secondary N) is 2. The molecule has 0 saturated carbocycles. The van der Waals surface area contributed by atoms with Crippen LogP contribution in [0.5, 0.6) is 0 Å². The summed E-state index contributed by atoms with van der Waals surface area (Å²) in [5.41, 5.74) is 2.99. The highest BCUT2D eigenvalue weighted by Crippen LogP contribution is 2.26. The minimum Gasteiger partial charge on any atom is -0.351 e. The van der Waals surface area contributed by atoms with Gasteiger partial charge in [0, 0.05) is 24.6 Å². The Hall–Kier alpha value is -2.34. The monoisotopic (exact) mass is 341 g/mol. The molecule has 0 unspecified atom stereocenters. The van der Waals surface area contributed by atoms with Crippen molar-refractivity contribution in [1.82, 2.24) is 10.3 Å². The highest BCUT2D eigenvalue weighted by Gasteiger charge is 2.24. The Labute approximate surface area is 145 Å². The van der Waals surface area contributed by atoms with E-state index in [1.165, 1.54) is 11.8 Å². The average Bonchev–Trinajstić information content (AvgIpc) is 2.77. The van der Waals surface area contributed by atoms with E-state index < -0.39 is 0 Å². The molecule has 1 aliphatic rings. The van der Waals surface area contributed by atoms with Crippen molar-refractivity contribution in [3.05, 3.63) is 59.9 Å². The van der Waals surface area contributed by atoms with Crippen molar-refractivity contribution < 1.29 is 9.59 Å². The van der Waals surface area contributed by atoms with Crippen LogP contribution < -0.4 is 10.6 Å². The number of carbonyl (C=O) groups is 2. The number of aryl methyl sites for hydroxylation is 1. The molecular formula is C18H19N3O2S. The Morgan fingerprint density at radius 1 is 1.29 bits per heavy atom. The van der Waals surface area contributed by atoms with E-state index in [-0.39, 0.29) is 22.8 Å². The summed E-state index contributed by atoms with van der Waals surface area (Å²) in [7, 11) is 0. The van der Waals surface area contributed by atoms with Crippen LogP contribution in [-0.2, 0) is 22.6 Å². The zero-order valence-corrected chi connectivity index (χ0v) is 14.0. The Balaban J connectivity index is 1.48. The zero-order valence-electron chi connectivity index (χ0n) is 13.2. The third-order valence-corrected chi connectivity index (χ3v) is 5.15. The second-order valence-corrected chi connectivity index (χ2v) is 6.81. The maximum absolute atomic E-state index is 12.3. The van der Waals surface area contributed by atoms with E-state index in [9.17, 15) is 9.59 Å². The van der Waals surface area contributed by atoms with E-state index in [4.69, 9.17) is 0 Å². The molecule has 2 heterocycles. The summed E-state index contributed by atoms with van der Waals surface area (Å²) in [6, 6.07) is 11.6. The molecule has 1 aliphatic heterocycles. The molecule has 0 spiro atoms. The molecule has 1 atom stereocenters. The Morgan fingerprint density at radius 2 is 2.17 bits per heavy atom. The number of hydrogen-bond acceptors (Lipinski definition) is 4. The van der Waals surface area contributed by atoms with Gasteiger partial charge in [-0.3, -0.25) is 14.6 Å². The minimum atomic E-state index is -0.207. The second-order valence-electron chi connectivity index (χ2n) is 5.62. The summed E-state index contributed by atoms with van der Waals surface area (Å²) < 4.78 is 0. The van der Waals surface area contributed by atoms with E-state index in [1.807, 2.05) is 36.4 Å². The molecule has 6 heteroatoms. The fraction of sp³-hybridized carbons (Fsp3) is 0.278. The first-order valence-electron chi connectivity index (χ1n) is 7.88. The quantitative estimate of drug-likeness (QED) is 0.876. The van der Waals surface area contributed by atoms with Crippen LogP contribution in [0.3, 0.4) is 0 Å². The van der Waals surface area contributed by atoms with Crippen molar-refractivity contribution >= 4 is 29.3 Å². The molecule has 124 valence electrons. The molecule has 2 N–H and O–H groups in total. The van der Waals surface area contributed by atoms with Crippen molar-refractivity contribution in [2.45, 2.75) is 24.6 Å². The molecule has 24 heavy (non-hydrogen) atoms. The van der Waals surface area contributed by atoms with Gasteiger partial charge in [-0.05, 0) is 36.1 Å². The predicted molar refractivity (Wildman–Crippen MR) is 95.7 cm³/mol. The van der Waals surface area contributed by atoms with Crippen molar-refractivity contribution in [2.24, 2.45) is 0 Å². The standard InChI is InChI=1S/C18H19N3O2S/c22-17(20-11-13-4-3-9-19-10-13)12-24-16-8-7-14-5-1-2-6-15(14)21-18(16)23/h1-6,9-10,16H,7-8,11-12H2,(H,20,22)(H,21,23)/t16-/m0/s1. The Morgan fingerprint density at radius 3 is 3.00 bits per heavy atom. The highest BCUT2D eigenvalue weighted by molar-refractivity contribution is 8.01. The van der Waals surface area contributed by atoms with E-state index in [0.717, 1.165) is 29.7 Å². The number of carbonyl (C=O) groups excluding carboxylic acids is 2. The molecule has 0 radical (unpaired) electrons. The molecule has 3 rings (SSSR count). The van der Waals surface area contributed by atoms with Crippen LogP contribution in [0, 0.1) is 0 Å². The van der Waals surface area contributed by atoms with Crippen molar-refractivity contribution in [1.29, 1.82) is 0 Å². The van der Waals surface area contributed by atoms with Gasteiger partial charge in [0.25, 0.3) is 0 Å². The Kier molecular flexibility index (Phi) is 5.48. The van der Waals surface area contributed by atoms with Crippen LogP contribution in [-0.4, -0.2) is 27.8 Å². The van der Waals surface area contributed by atoms with Crippen LogP contribution >= 0.6 is 11.8 Å². The number of fused-ring (bicyclic) bond motifs is 1. The number of anilines is 1. The number of amides is 2. The van der Waals surface area contributed by atoms with Crippen LogP contribution in [0.1, 0.15) is 17.5 Å². The number of aromatic nitrogens is 1. The van der Waals surface area contributed by atoms with Crippen molar-refractivity contribution in [3.8, 4) is 0 Å². The van der Waals surface area contributed by atoms with Gasteiger partial charge in [0.05, 0.1) is 11.0 Å². The lowest BCUT2D eigenvalue weighted by molar-refractivity contribution is -0.118. The molecule has 1 aromatic heterocycles. The first-order valence-corrected chi connectivity index (χ1v) is 8.93. The third-order valence-electron chi connectivity index (χ3n) is 3.87. The number of hydrogen-bond donors (Lipinski definition) is 2. The smallest absolute Gasteiger partial charge is 0.237 e. The molecule has 2 amide bonds. The molecule has 5 nitrogen and oxygen atoms in total. The fourth-order valence-electron chi connectivity index (χ4n) is 2.58. The summed E-state index contributed by atoms with van der Waals surface area (Å²) in [6.45, 7) is 0.454. The highest BCUT2D eigenvalue weighted by atomic mass is 32.2. The second kappa shape index (κ2) is 7.97. The molecule has 1 aromatic carbocycles. The summed E-state index contributed by atoms with van der Waals surface area (Å²) >= 11 is 1.39.